The molecule has 3 rings (SSSR count). The number of nitrogens with zero attached hydrogens (tertiary/aromatic N) is 1. The summed E-state index contributed by atoms with van der Waals surface area (Å²) in [6, 6.07) is 10.1. The molecule has 7 heteroatoms. The minimum absolute atomic E-state index is 0.263. The van der Waals surface area contributed by atoms with Crippen molar-refractivity contribution < 1.29 is 23.0 Å². The second-order valence-electron chi connectivity index (χ2n) is 5.00. The summed E-state index contributed by atoms with van der Waals surface area (Å²) >= 11 is 1.34. The zero-order chi connectivity index (χ0) is 17.3. The zero-order valence-corrected chi connectivity index (χ0v) is 13.3. The molecule has 0 bridgehead atoms. The molecule has 0 unspecified atom stereocenters. The van der Waals surface area contributed by atoms with Gasteiger partial charge in [0.15, 0.2) is 0 Å². The number of phenols is 1. The standard InChI is InChI=1S/C17H12F3NO2S/c1-23-12-5-2-10(3-6-12)16-21-14(9-24-16)13-7-4-11(8-15(13)22)17(18,19)20/h2-9,22H,1H3. The summed E-state index contributed by atoms with van der Waals surface area (Å²) < 4.78 is 43.1. The summed E-state index contributed by atoms with van der Waals surface area (Å²) in [4.78, 5) is 4.40. The van der Waals surface area contributed by atoms with Crippen molar-refractivity contribution in [2.24, 2.45) is 0 Å². The molecule has 3 aromatic rings. The van der Waals surface area contributed by atoms with Crippen molar-refractivity contribution >= 4 is 11.3 Å². The molecule has 3 nitrogen and oxygen atoms in total. The quantitative estimate of drug-likeness (QED) is 0.704. The molecule has 0 saturated heterocycles. The molecule has 1 heterocycles. The number of aromatic nitrogens is 1. The van der Waals surface area contributed by atoms with Gasteiger partial charge in [0.2, 0.25) is 0 Å². The van der Waals surface area contributed by atoms with E-state index >= 15 is 0 Å². The van der Waals surface area contributed by atoms with Crippen LogP contribution in [0.4, 0.5) is 13.2 Å². The lowest BCUT2D eigenvalue weighted by Crippen LogP contribution is -2.04. The Balaban J connectivity index is 1.93. The van der Waals surface area contributed by atoms with Crippen LogP contribution in [0.2, 0.25) is 0 Å². The Hall–Kier alpha value is -2.54. The van der Waals surface area contributed by atoms with E-state index < -0.39 is 17.5 Å². The Morgan fingerprint density at radius 2 is 1.79 bits per heavy atom. The minimum atomic E-state index is -4.49. The number of thiazole rings is 1. The number of hydrogen-bond acceptors (Lipinski definition) is 4. The van der Waals surface area contributed by atoms with E-state index in [1.165, 1.54) is 17.4 Å². The van der Waals surface area contributed by atoms with Gasteiger partial charge in [-0.2, -0.15) is 13.2 Å². The van der Waals surface area contributed by atoms with Crippen LogP contribution in [-0.2, 0) is 6.18 Å². The molecule has 0 fully saturated rings. The average Bonchev–Trinajstić information content (AvgIpc) is 3.03. The molecular formula is C17H12F3NO2S. The Morgan fingerprint density at radius 1 is 1.08 bits per heavy atom. The topological polar surface area (TPSA) is 42.4 Å². The maximum atomic E-state index is 12.7. The lowest BCUT2D eigenvalue weighted by atomic mass is 10.1. The van der Waals surface area contributed by atoms with Crippen molar-refractivity contribution in [3.63, 3.8) is 0 Å². The fraction of sp³-hybridized carbons (Fsp3) is 0.118. The highest BCUT2D eigenvalue weighted by atomic mass is 32.1. The number of halogens is 3. The molecule has 0 saturated carbocycles. The second-order valence-corrected chi connectivity index (χ2v) is 5.85. The van der Waals surface area contributed by atoms with Gasteiger partial charge in [-0.15, -0.1) is 11.3 Å². The first kappa shape index (κ1) is 16.3. The number of benzene rings is 2. The number of hydrogen-bond donors (Lipinski definition) is 1. The van der Waals surface area contributed by atoms with Crippen molar-refractivity contribution in [3.8, 4) is 33.3 Å². The summed E-state index contributed by atoms with van der Waals surface area (Å²) in [6.07, 6.45) is -4.49. The van der Waals surface area contributed by atoms with Gasteiger partial charge < -0.3 is 9.84 Å². The summed E-state index contributed by atoms with van der Waals surface area (Å²) in [6.45, 7) is 0. The van der Waals surface area contributed by atoms with Gasteiger partial charge in [0.1, 0.15) is 16.5 Å². The van der Waals surface area contributed by atoms with E-state index in [0.29, 0.717) is 16.8 Å². The highest BCUT2D eigenvalue weighted by Crippen LogP contribution is 2.38. The van der Waals surface area contributed by atoms with Gasteiger partial charge in [0.05, 0.1) is 18.4 Å². The van der Waals surface area contributed by atoms with Crippen LogP contribution >= 0.6 is 11.3 Å². The van der Waals surface area contributed by atoms with Crippen molar-refractivity contribution in [1.82, 2.24) is 4.98 Å². The van der Waals surface area contributed by atoms with Gasteiger partial charge in [-0.25, -0.2) is 4.98 Å². The molecule has 2 aromatic carbocycles. The molecule has 0 aliphatic heterocycles. The molecular weight excluding hydrogens is 339 g/mol. The first-order valence-electron chi connectivity index (χ1n) is 6.89. The molecule has 0 spiro atoms. The molecule has 24 heavy (non-hydrogen) atoms. The molecule has 0 amide bonds. The zero-order valence-electron chi connectivity index (χ0n) is 12.5. The van der Waals surface area contributed by atoms with Crippen LogP contribution in [0.25, 0.3) is 21.8 Å². The van der Waals surface area contributed by atoms with Crippen LogP contribution < -0.4 is 4.74 Å². The predicted molar refractivity (Wildman–Crippen MR) is 86.2 cm³/mol. The van der Waals surface area contributed by atoms with E-state index in [9.17, 15) is 18.3 Å². The largest absolute Gasteiger partial charge is 0.507 e. The van der Waals surface area contributed by atoms with E-state index in [1.54, 1.807) is 24.6 Å². The molecule has 0 aliphatic rings. The fourth-order valence-corrected chi connectivity index (χ4v) is 3.01. The van der Waals surface area contributed by atoms with Crippen molar-refractivity contribution in [2.75, 3.05) is 7.11 Å². The predicted octanol–water partition coefficient (Wildman–Crippen LogP) is 5.21. The van der Waals surface area contributed by atoms with Crippen LogP contribution in [0, 0.1) is 0 Å². The highest BCUT2D eigenvalue weighted by Gasteiger charge is 2.31. The fourth-order valence-electron chi connectivity index (χ4n) is 2.19. The van der Waals surface area contributed by atoms with Crippen molar-refractivity contribution in [2.45, 2.75) is 6.18 Å². The summed E-state index contributed by atoms with van der Waals surface area (Å²) in [5.41, 5.74) is 0.656. The van der Waals surface area contributed by atoms with Gasteiger partial charge >= 0.3 is 6.18 Å². The first-order chi connectivity index (χ1) is 11.4. The number of aromatic hydroxyl groups is 1. The van der Waals surface area contributed by atoms with Gasteiger partial charge in [0.25, 0.3) is 0 Å². The SMILES string of the molecule is COc1ccc(-c2nc(-c3ccc(C(F)(F)F)cc3O)cs2)cc1. The third-order valence-corrected chi connectivity index (χ3v) is 4.33. The monoisotopic (exact) mass is 351 g/mol. The van der Waals surface area contributed by atoms with Crippen LogP contribution in [0.5, 0.6) is 11.5 Å². The van der Waals surface area contributed by atoms with Gasteiger partial charge in [-0.1, -0.05) is 0 Å². The molecule has 124 valence electrons. The Labute approximate surface area is 140 Å². The van der Waals surface area contributed by atoms with Crippen LogP contribution in [0.15, 0.2) is 47.8 Å². The lowest BCUT2D eigenvalue weighted by Gasteiger charge is -2.08. The highest BCUT2D eigenvalue weighted by molar-refractivity contribution is 7.13. The number of alkyl halides is 3. The first-order valence-corrected chi connectivity index (χ1v) is 7.77. The second kappa shape index (κ2) is 6.16. The van der Waals surface area contributed by atoms with Gasteiger partial charge in [-0.05, 0) is 42.5 Å². The maximum absolute atomic E-state index is 12.7. The number of rotatable bonds is 3. The smallest absolute Gasteiger partial charge is 0.416 e. The molecule has 0 aliphatic carbocycles. The minimum Gasteiger partial charge on any atom is -0.507 e. The maximum Gasteiger partial charge on any atom is 0.416 e. The van der Waals surface area contributed by atoms with Crippen molar-refractivity contribution in [3.05, 3.63) is 53.4 Å². The Morgan fingerprint density at radius 3 is 2.38 bits per heavy atom. The molecule has 1 N–H and O–H groups in total. The normalized spacial score (nSPS) is 11.5. The molecule has 0 radical (unpaired) electrons. The summed E-state index contributed by atoms with van der Waals surface area (Å²) in [5.74, 6) is 0.271. The number of phenolic OH excluding ortho intramolecular Hbond substituents is 1. The lowest BCUT2D eigenvalue weighted by molar-refractivity contribution is -0.137. The number of methoxy groups -OCH3 is 1. The number of ether oxygens (including phenoxy) is 1. The van der Waals surface area contributed by atoms with E-state index in [1.807, 2.05) is 12.1 Å². The Bertz CT molecular complexity index is 857. The van der Waals surface area contributed by atoms with Crippen LogP contribution in [-0.4, -0.2) is 17.2 Å². The third-order valence-electron chi connectivity index (χ3n) is 3.44. The van der Waals surface area contributed by atoms with E-state index in [2.05, 4.69) is 4.98 Å². The average molecular weight is 351 g/mol. The summed E-state index contributed by atoms with van der Waals surface area (Å²) in [7, 11) is 1.57. The third kappa shape index (κ3) is 3.21. The van der Waals surface area contributed by atoms with Crippen molar-refractivity contribution in [1.29, 1.82) is 0 Å². The van der Waals surface area contributed by atoms with E-state index in [-0.39, 0.29) is 5.56 Å². The van der Waals surface area contributed by atoms with Gasteiger partial charge in [-0.3, -0.25) is 0 Å². The Kier molecular flexibility index (Phi) is 4.19. The van der Waals surface area contributed by atoms with Crippen LogP contribution in [0.1, 0.15) is 5.56 Å². The van der Waals surface area contributed by atoms with E-state index in [4.69, 9.17) is 4.74 Å². The molecule has 1 aromatic heterocycles. The summed E-state index contributed by atoms with van der Waals surface area (Å²) in [5, 5.41) is 12.3. The van der Waals surface area contributed by atoms with E-state index in [0.717, 1.165) is 17.4 Å². The van der Waals surface area contributed by atoms with Gasteiger partial charge in [0, 0.05) is 16.5 Å². The molecule has 0 atom stereocenters. The van der Waals surface area contributed by atoms with Crippen LogP contribution in [0.3, 0.4) is 0 Å².